The summed E-state index contributed by atoms with van der Waals surface area (Å²) >= 11 is 4.28. The van der Waals surface area contributed by atoms with Crippen LogP contribution in [0.2, 0.25) is 0 Å². The van der Waals surface area contributed by atoms with E-state index in [0.29, 0.717) is 4.08 Å². The molecular weight excluding hydrogens is 172 g/mol. The number of rotatable bonds is 2. The predicted molar refractivity (Wildman–Crippen MR) is 55.2 cm³/mol. The van der Waals surface area contributed by atoms with Gasteiger partial charge in [-0.1, -0.05) is 19.1 Å². The van der Waals surface area contributed by atoms with Crippen molar-refractivity contribution in [3.63, 3.8) is 0 Å². The van der Waals surface area contributed by atoms with Crippen LogP contribution in [0.15, 0.2) is 12.2 Å². The Morgan fingerprint density at radius 3 is 2.91 bits per heavy atom. The van der Waals surface area contributed by atoms with Crippen LogP contribution in [0.25, 0.3) is 0 Å². The summed E-state index contributed by atoms with van der Waals surface area (Å²) in [7, 11) is 0. The van der Waals surface area contributed by atoms with Gasteiger partial charge in [0, 0.05) is 11.2 Å². The molecule has 0 aromatic heterocycles. The molecule has 1 fully saturated rings. The number of fused-ring (bicyclic) bond motifs is 2. The second-order valence-corrected chi connectivity index (χ2v) is 6.99. The molecule has 3 atom stereocenters. The molecule has 1 heterocycles. The van der Waals surface area contributed by atoms with Crippen LogP contribution in [0.4, 0.5) is 0 Å². The van der Waals surface area contributed by atoms with E-state index in [1.807, 2.05) is 0 Å². The third kappa shape index (κ3) is 1.25. The molecule has 0 radical (unpaired) electrons. The first kappa shape index (κ1) is 8.06. The average Bonchev–Trinajstić information content (AvgIpc) is 2.45. The second kappa shape index (κ2) is 2.74. The summed E-state index contributed by atoms with van der Waals surface area (Å²) in [5, 5.41) is 0.837. The van der Waals surface area contributed by atoms with E-state index in [-0.39, 0.29) is 0 Å². The Balaban J connectivity index is 2.11. The molecule has 0 amide bonds. The fourth-order valence-electron chi connectivity index (χ4n) is 1.96. The minimum atomic E-state index is 0.508. The minimum Gasteiger partial charge on any atom is -0.144 e. The molecule has 11 heavy (non-hydrogen) atoms. The molecule has 2 heteroatoms. The Bertz CT molecular complexity index is 188. The van der Waals surface area contributed by atoms with Crippen molar-refractivity contribution < 1.29 is 0 Å². The molecule has 0 spiro atoms. The van der Waals surface area contributed by atoms with Gasteiger partial charge in [-0.2, -0.15) is 0 Å². The van der Waals surface area contributed by atoms with Crippen molar-refractivity contribution >= 4 is 23.5 Å². The van der Waals surface area contributed by atoms with E-state index in [9.17, 15) is 0 Å². The topological polar surface area (TPSA) is 0 Å². The van der Waals surface area contributed by atoms with Gasteiger partial charge in [0.1, 0.15) is 0 Å². The van der Waals surface area contributed by atoms with Gasteiger partial charge in [-0.15, -0.1) is 23.5 Å². The van der Waals surface area contributed by atoms with Gasteiger partial charge in [-0.3, -0.25) is 0 Å². The van der Waals surface area contributed by atoms with Crippen molar-refractivity contribution in [1.29, 1.82) is 0 Å². The highest BCUT2D eigenvalue weighted by Crippen LogP contribution is 2.57. The predicted octanol–water partition coefficient (Wildman–Crippen LogP) is 3.15. The summed E-state index contributed by atoms with van der Waals surface area (Å²) in [6.07, 6.45) is 6.20. The van der Waals surface area contributed by atoms with Crippen molar-refractivity contribution in [2.24, 2.45) is 5.92 Å². The Morgan fingerprint density at radius 1 is 1.64 bits per heavy atom. The molecule has 0 nitrogen and oxygen atoms in total. The lowest BCUT2D eigenvalue weighted by atomic mass is 10.1. The Hall–Kier alpha value is 0.440. The standard InChI is InChI=1S/C9H14S2/c1-3-10-9(2)7-4-5-8(6-7)11-9/h4-5,7-8H,3,6H2,1-2H3. The highest BCUT2D eigenvalue weighted by atomic mass is 32.2. The second-order valence-electron chi connectivity index (χ2n) is 3.33. The smallest absolute Gasteiger partial charge is 0.0651 e. The minimum absolute atomic E-state index is 0.508. The summed E-state index contributed by atoms with van der Waals surface area (Å²) in [5.74, 6) is 2.10. The molecule has 1 saturated heterocycles. The lowest BCUT2D eigenvalue weighted by Gasteiger charge is -2.29. The van der Waals surface area contributed by atoms with Crippen molar-refractivity contribution in [1.82, 2.24) is 0 Å². The largest absolute Gasteiger partial charge is 0.144 e. The maximum absolute atomic E-state index is 2.42. The summed E-state index contributed by atoms with van der Waals surface area (Å²) in [4.78, 5) is 0. The Morgan fingerprint density at radius 2 is 2.45 bits per heavy atom. The quantitative estimate of drug-likeness (QED) is 0.608. The fourth-order valence-corrected chi connectivity index (χ4v) is 5.34. The van der Waals surface area contributed by atoms with Crippen LogP contribution in [0.3, 0.4) is 0 Å². The third-order valence-electron chi connectivity index (χ3n) is 2.53. The maximum atomic E-state index is 2.42. The molecule has 2 bridgehead atoms. The molecule has 0 saturated carbocycles. The molecule has 2 rings (SSSR count). The average molecular weight is 186 g/mol. The van der Waals surface area contributed by atoms with Gasteiger partial charge in [0.25, 0.3) is 0 Å². The van der Waals surface area contributed by atoms with E-state index in [2.05, 4.69) is 49.5 Å². The van der Waals surface area contributed by atoms with Crippen LogP contribution in [0, 0.1) is 5.92 Å². The maximum Gasteiger partial charge on any atom is 0.0651 e. The summed E-state index contributed by atoms with van der Waals surface area (Å²) in [6.45, 7) is 4.66. The van der Waals surface area contributed by atoms with E-state index in [1.165, 1.54) is 12.2 Å². The lowest BCUT2D eigenvalue weighted by molar-refractivity contribution is 0.633. The van der Waals surface area contributed by atoms with Gasteiger partial charge in [-0.05, 0) is 19.1 Å². The van der Waals surface area contributed by atoms with Crippen LogP contribution >= 0.6 is 23.5 Å². The number of hydrogen-bond donors (Lipinski definition) is 0. The van der Waals surface area contributed by atoms with Gasteiger partial charge in [0.15, 0.2) is 0 Å². The van der Waals surface area contributed by atoms with Gasteiger partial charge >= 0.3 is 0 Å². The molecule has 1 aliphatic carbocycles. The summed E-state index contributed by atoms with van der Waals surface area (Å²) < 4.78 is 0.508. The Kier molecular flexibility index (Phi) is 2.00. The highest BCUT2D eigenvalue weighted by molar-refractivity contribution is 8.18. The van der Waals surface area contributed by atoms with Gasteiger partial charge in [0.05, 0.1) is 4.08 Å². The van der Waals surface area contributed by atoms with Crippen molar-refractivity contribution in [2.75, 3.05) is 5.75 Å². The van der Waals surface area contributed by atoms with E-state index in [1.54, 1.807) is 0 Å². The Labute approximate surface area is 77.2 Å². The van der Waals surface area contributed by atoms with Crippen LogP contribution in [-0.4, -0.2) is 15.1 Å². The molecule has 3 unspecified atom stereocenters. The monoisotopic (exact) mass is 186 g/mol. The molecule has 62 valence electrons. The molecular formula is C9H14S2. The van der Waals surface area contributed by atoms with E-state index in [4.69, 9.17) is 0 Å². The van der Waals surface area contributed by atoms with E-state index in [0.717, 1.165) is 11.2 Å². The van der Waals surface area contributed by atoms with Gasteiger partial charge in [-0.25, -0.2) is 0 Å². The van der Waals surface area contributed by atoms with E-state index < -0.39 is 0 Å². The molecule has 2 aliphatic rings. The van der Waals surface area contributed by atoms with Crippen LogP contribution < -0.4 is 0 Å². The zero-order chi connectivity index (χ0) is 7.90. The van der Waals surface area contributed by atoms with Crippen molar-refractivity contribution in [3.05, 3.63) is 12.2 Å². The van der Waals surface area contributed by atoms with Crippen LogP contribution in [0.1, 0.15) is 20.3 Å². The summed E-state index contributed by atoms with van der Waals surface area (Å²) in [5.41, 5.74) is 0. The molecule has 0 aromatic rings. The first-order valence-electron chi connectivity index (χ1n) is 4.24. The van der Waals surface area contributed by atoms with Crippen molar-refractivity contribution in [2.45, 2.75) is 29.6 Å². The normalized spacial score (nSPS) is 47.1. The van der Waals surface area contributed by atoms with Gasteiger partial charge < -0.3 is 0 Å². The lowest BCUT2D eigenvalue weighted by Crippen LogP contribution is -2.21. The molecule has 0 aromatic carbocycles. The molecule has 0 N–H and O–H groups in total. The van der Waals surface area contributed by atoms with Gasteiger partial charge in [0.2, 0.25) is 0 Å². The summed E-state index contributed by atoms with van der Waals surface area (Å²) in [6, 6.07) is 0. The fraction of sp³-hybridized carbons (Fsp3) is 0.778. The first-order valence-corrected chi connectivity index (χ1v) is 6.11. The van der Waals surface area contributed by atoms with Crippen LogP contribution in [-0.2, 0) is 0 Å². The highest BCUT2D eigenvalue weighted by Gasteiger charge is 2.45. The third-order valence-corrected chi connectivity index (χ3v) is 5.76. The number of thioether (sulfide) groups is 2. The van der Waals surface area contributed by atoms with Crippen molar-refractivity contribution in [3.8, 4) is 0 Å². The number of hydrogen-bond acceptors (Lipinski definition) is 2. The number of allylic oxidation sites excluding steroid dienone is 1. The van der Waals surface area contributed by atoms with Crippen LogP contribution in [0.5, 0.6) is 0 Å². The molecule has 1 aliphatic heterocycles. The SMILES string of the molecule is CCSC1(C)SC2C=CC1C2. The first-order chi connectivity index (χ1) is 5.24. The zero-order valence-corrected chi connectivity index (χ0v) is 8.67. The van der Waals surface area contributed by atoms with E-state index >= 15 is 0 Å². The zero-order valence-electron chi connectivity index (χ0n) is 7.04.